The van der Waals surface area contributed by atoms with Crippen molar-refractivity contribution in [1.82, 2.24) is 0 Å². The molecule has 20 heavy (non-hydrogen) atoms. The highest BCUT2D eigenvalue weighted by Gasteiger charge is 2.23. The fourth-order valence-electron chi connectivity index (χ4n) is 2.14. The average Bonchev–Trinajstić information content (AvgIpc) is 2.48. The molecule has 2 aromatic rings. The number of carbonyl (C=O) groups is 1. The van der Waals surface area contributed by atoms with Gasteiger partial charge in [-0.1, -0.05) is 61.0 Å². The van der Waals surface area contributed by atoms with Gasteiger partial charge >= 0.3 is 0 Å². The lowest BCUT2D eigenvalue weighted by molar-refractivity contribution is 0.0913. The first-order chi connectivity index (χ1) is 9.50. The molecule has 0 heterocycles. The molecule has 0 saturated carbocycles. The normalized spacial score (nSPS) is 13.8. The summed E-state index contributed by atoms with van der Waals surface area (Å²) < 4.78 is 0. The maximum absolute atomic E-state index is 12.5. The fourth-order valence-corrected chi connectivity index (χ4v) is 2.32. The van der Waals surface area contributed by atoms with Crippen molar-refractivity contribution in [3.8, 4) is 0 Å². The van der Waals surface area contributed by atoms with Gasteiger partial charge in [-0.25, -0.2) is 0 Å². The lowest BCUT2D eigenvalue weighted by Gasteiger charge is -2.19. The zero-order chi connectivity index (χ0) is 14.7. The van der Waals surface area contributed by atoms with E-state index in [9.17, 15) is 4.79 Å². The Morgan fingerprint density at radius 3 is 2.40 bits per heavy atom. The number of benzene rings is 2. The number of Topliss-reactive ketones (excluding diaryl/α,β-unsaturated/α-hetero) is 1. The molecule has 2 aromatic carbocycles. The van der Waals surface area contributed by atoms with Gasteiger partial charge in [-0.05, 0) is 24.1 Å². The minimum absolute atomic E-state index is 0.0169. The fraction of sp³-hybridized carbons (Fsp3) is 0.235. The van der Waals surface area contributed by atoms with Gasteiger partial charge in [0.1, 0.15) is 0 Å². The number of nitrogens with two attached hydrogens (primary N) is 1. The maximum atomic E-state index is 12.5. The number of hydrogen-bond donors (Lipinski definition) is 1. The molecule has 0 radical (unpaired) electrons. The van der Waals surface area contributed by atoms with E-state index >= 15 is 0 Å². The van der Waals surface area contributed by atoms with Gasteiger partial charge in [0, 0.05) is 22.5 Å². The van der Waals surface area contributed by atoms with Crippen LogP contribution in [0.2, 0.25) is 5.02 Å². The monoisotopic (exact) mass is 287 g/mol. The van der Waals surface area contributed by atoms with Crippen LogP contribution in [0, 0.1) is 12.8 Å². The number of hydrogen-bond acceptors (Lipinski definition) is 2. The van der Waals surface area contributed by atoms with Crippen molar-refractivity contribution in [3.05, 3.63) is 70.2 Å². The molecule has 104 valence electrons. The predicted octanol–water partition coefficient (Wildman–Crippen LogP) is 4.17. The van der Waals surface area contributed by atoms with Crippen molar-refractivity contribution in [3.63, 3.8) is 0 Å². The second-order valence-electron chi connectivity index (χ2n) is 5.05. The first kappa shape index (κ1) is 14.8. The van der Waals surface area contributed by atoms with E-state index < -0.39 is 0 Å². The molecular weight excluding hydrogens is 270 g/mol. The average molecular weight is 288 g/mol. The van der Waals surface area contributed by atoms with Gasteiger partial charge in [-0.15, -0.1) is 0 Å². The number of ketones is 1. The Bertz CT molecular complexity index is 610. The van der Waals surface area contributed by atoms with Gasteiger partial charge < -0.3 is 5.73 Å². The Morgan fingerprint density at radius 2 is 1.80 bits per heavy atom. The van der Waals surface area contributed by atoms with Crippen molar-refractivity contribution in [2.75, 3.05) is 0 Å². The molecular formula is C17H18ClNO. The quantitative estimate of drug-likeness (QED) is 0.858. The van der Waals surface area contributed by atoms with E-state index in [4.69, 9.17) is 17.3 Å². The molecule has 0 aromatic heterocycles. The van der Waals surface area contributed by atoms with Crippen LogP contribution in [-0.4, -0.2) is 5.78 Å². The number of rotatable bonds is 4. The van der Waals surface area contributed by atoms with Crippen LogP contribution in [0.15, 0.2) is 48.5 Å². The summed E-state index contributed by atoms with van der Waals surface area (Å²) in [5.74, 6) is -0.278. The van der Waals surface area contributed by atoms with E-state index in [2.05, 4.69) is 0 Å². The van der Waals surface area contributed by atoms with E-state index in [-0.39, 0.29) is 17.7 Å². The highest BCUT2D eigenvalue weighted by molar-refractivity contribution is 6.31. The molecule has 2 rings (SSSR count). The molecule has 0 fully saturated rings. The SMILES string of the molecule is Cc1ccc(C(=O)C(C)C(N)c2ccccc2)cc1Cl. The molecule has 3 heteroatoms. The standard InChI is InChI=1S/C17H18ClNO/c1-11-8-9-14(10-15(11)18)17(20)12(2)16(19)13-6-4-3-5-7-13/h3-10,12,16H,19H2,1-2H3. The summed E-state index contributed by atoms with van der Waals surface area (Å²) in [6, 6.07) is 14.7. The van der Waals surface area contributed by atoms with Crippen molar-refractivity contribution in [2.45, 2.75) is 19.9 Å². The summed E-state index contributed by atoms with van der Waals surface area (Å²) in [7, 11) is 0. The number of halogens is 1. The molecule has 0 saturated heterocycles. The van der Waals surface area contributed by atoms with E-state index in [1.165, 1.54) is 0 Å². The van der Waals surface area contributed by atoms with Crippen LogP contribution in [0.4, 0.5) is 0 Å². The molecule has 2 unspecified atom stereocenters. The van der Waals surface area contributed by atoms with Gasteiger partial charge in [0.2, 0.25) is 0 Å². The van der Waals surface area contributed by atoms with Crippen molar-refractivity contribution in [1.29, 1.82) is 0 Å². The van der Waals surface area contributed by atoms with Crippen LogP contribution in [0.1, 0.15) is 34.5 Å². The molecule has 0 bridgehead atoms. The first-order valence-corrected chi connectivity index (χ1v) is 6.99. The van der Waals surface area contributed by atoms with Crippen LogP contribution in [0.5, 0.6) is 0 Å². The Labute approximate surface area is 124 Å². The third-order valence-electron chi connectivity index (χ3n) is 3.59. The maximum Gasteiger partial charge on any atom is 0.167 e. The summed E-state index contributed by atoms with van der Waals surface area (Å²) in [6.45, 7) is 3.77. The van der Waals surface area contributed by atoms with Gasteiger partial charge in [-0.3, -0.25) is 4.79 Å². The molecule has 0 amide bonds. The van der Waals surface area contributed by atoms with Crippen LogP contribution in [0.25, 0.3) is 0 Å². The zero-order valence-corrected chi connectivity index (χ0v) is 12.4. The van der Waals surface area contributed by atoms with Crippen LogP contribution in [-0.2, 0) is 0 Å². The molecule has 0 spiro atoms. The lowest BCUT2D eigenvalue weighted by Crippen LogP contribution is -2.26. The molecule has 2 nitrogen and oxygen atoms in total. The summed E-state index contributed by atoms with van der Waals surface area (Å²) in [4.78, 5) is 12.5. The van der Waals surface area contributed by atoms with Crippen molar-refractivity contribution in [2.24, 2.45) is 11.7 Å². The highest BCUT2D eigenvalue weighted by Crippen LogP contribution is 2.25. The van der Waals surface area contributed by atoms with E-state index in [1.807, 2.05) is 50.2 Å². The first-order valence-electron chi connectivity index (χ1n) is 6.61. The minimum atomic E-state index is -0.316. The van der Waals surface area contributed by atoms with Crippen LogP contribution in [0.3, 0.4) is 0 Å². The highest BCUT2D eigenvalue weighted by atomic mass is 35.5. The van der Waals surface area contributed by atoms with E-state index in [0.29, 0.717) is 10.6 Å². The van der Waals surface area contributed by atoms with E-state index in [1.54, 1.807) is 12.1 Å². The Hall–Kier alpha value is -1.64. The zero-order valence-electron chi connectivity index (χ0n) is 11.6. The largest absolute Gasteiger partial charge is 0.323 e. The molecule has 0 aliphatic heterocycles. The third kappa shape index (κ3) is 3.09. The summed E-state index contributed by atoms with van der Waals surface area (Å²) in [6.07, 6.45) is 0. The van der Waals surface area contributed by atoms with Gasteiger partial charge in [0.15, 0.2) is 5.78 Å². The molecule has 2 N–H and O–H groups in total. The third-order valence-corrected chi connectivity index (χ3v) is 4.00. The second kappa shape index (κ2) is 6.21. The van der Waals surface area contributed by atoms with Gasteiger partial charge in [0.25, 0.3) is 0 Å². The van der Waals surface area contributed by atoms with Gasteiger partial charge in [0.05, 0.1) is 0 Å². The van der Waals surface area contributed by atoms with Crippen molar-refractivity contribution >= 4 is 17.4 Å². The summed E-state index contributed by atoms with van der Waals surface area (Å²) in [5, 5.41) is 0.608. The lowest BCUT2D eigenvalue weighted by atomic mass is 9.88. The Kier molecular flexibility index (Phi) is 4.58. The van der Waals surface area contributed by atoms with Gasteiger partial charge in [-0.2, -0.15) is 0 Å². The van der Waals surface area contributed by atoms with E-state index in [0.717, 1.165) is 11.1 Å². The Balaban J connectivity index is 2.22. The van der Waals surface area contributed by atoms with Crippen LogP contribution < -0.4 is 5.73 Å². The van der Waals surface area contributed by atoms with Crippen LogP contribution >= 0.6 is 11.6 Å². The smallest absolute Gasteiger partial charge is 0.167 e. The predicted molar refractivity (Wildman–Crippen MR) is 83.1 cm³/mol. The molecule has 2 atom stereocenters. The number of aryl methyl sites for hydroxylation is 1. The Morgan fingerprint density at radius 1 is 1.15 bits per heavy atom. The summed E-state index contributed by atoms with van der Waals surface area (Å²) in [5.41, 5.74) is 8.73. The summed E-state index contributed by atoms with van der Waals surface area (Å²) >= 11 is 6.08. The number of carbonyl (C=O) groups excluding carboxylic acids is 1. The minimum Gasteiger partial charge on any atom is -0.323 e. The topological polar surface area (TPSA) is 43.1 Å². The molecule has 0 aliphatic carbocycles. The second-order valence-corrected chi connectivity index (χ2v) is 5.46. The molecule has 0 aliphatic rings. The van der Waals surface area contributed by atoms with Crippen molar-refractivity contribution < 1.29 is 4.79 Å².